The van der Waals surface area contributed by atoms with E-state index in [1.807, 2.05) is 0 Å². The van der Waals surface area contributed by atoms with Gasteiger partial charge in [-0.3, -0.25) is 4.79 Å². The zero-order valence-corrected chi connectivity index (χ0v) is 6.09. The van der Waals surface area contributed by atoms with Gasteiger partial charge in [0, 0.05) is 0 Å². The molecule has 0 aliphatic heterocycles. The van der Waals surface area contributed by atoms with Gasteiger partial charge in [-0.25, -0.2) is 4.79 Å². The van der Waals surface area contributed by atoms with Gasteiger partial charge in [0.15, 0.2) is 0 Å². The Hall–Kier alpha value is -0.795. The monoisotopic (exact) mass is 140 g/mol. The van der Waals surface area contributed by atoms with E-state index >= 15 is 0 Å². The fourth-order valence-electron chi connectivity index (χ4n) is 0.437. The summed E-state index contributed by atoms with van der Waals surface area (Å²) in [5.41, 5.74) is 0. The number of carbonyl (C=O) groups excluding carboxylic acids is 2. The third-order valence-electron chi connectivity index (χ3n) is 1.16. The standard InChI is InChI=1S/C6H9BO3/c1-3-4(7)5(8)6(9)10-2/h4H,3H2,1-2H3. The van der Waals surface area contributed by atoms with E-state index < -0.39 is 17.6 Å². The Morgan fingerprint density at radius 1 is 1.60 bits per heavy atom. The largest absolute Gasteiger partial charge is 0.463 e. The fourth-order valence-corrected chi connectivity index (χ4v) is 0.437. The molecule has 4 heteroatoms. The number of methoxy groups -OCH3 is 1. The molecule has 0 aromatic heterocycles. The Morgan fingerprint density at radius 3 is 2.40 bits per heavy atom. The Bertz CT molecular complexity index is 144. The van der Waals surface area contributed by atoms with E-state index in [1.54, 1.807) is 6.92 Å². The van der Waals surface area contributed by atoms with Gasteiger partial charge in [0.2, 0.25) is 5.78 Å². The van der Waals surface area contributed by atoms with Crippen molar-refractivity contribution in [3.63, 3.8) is 0 Å². The maximum atomic E-state index is 10.7. The quantitative estimate of drug-likeness (QED) is 0.317. The van der Waals surface area contributed by atoms with Gasteiger partial charge in [0.05, 0.1) is 15.0 Å². The summed E-state index contributed by atoms with van der Waals surface area (Å²) in [5, 5.41) is 0. The Labute approximate surface area is 61.2 Å². The van der Waals surface area contributed by atoms with Crippen LogP contribution in [0.25, 0.3) is 0 Å². The van der Waals surface area contributed by atoms with Crippen LogP contribution < -0.4 is 0 Å². The fraction of sp³-hybridized carbons (Fsp3) is 0.667. The van der Waals surface area contributed by atoms with Gasteiger partial charge in [-0.15, -0.1) is 0 Å². The minimum atomic E-state index is -0.866. The summed E-state index contributed by atoms with van der Waals surface area (Å²) >= 11 is 0. The number of carbonyl (C=O) groups is 2. The third kappa shape index (κ3) is 2.21. The molecule has 1 atom stereocenters. The molecule has 0 aliphatic rings. The molecule has 0 heterocycles. The lowest BCUT2D eigenvalue weighted by Crippen LogP contribution is -2.20. The van der Waals surface area contributed by atoms with Crippen LogP contribution in [-0.4, -0.2) is 26.7 Å². The first kappa shape index (κ1) is 9.20. The van der Waals surface area contributed by atoms with Gasteiger partial charge in [-0.2, -0.15) is 0 Å². The molecule has 0 aliphatic carbocycles. The van der Waals surface area contributed by atoms with E-state index in [0.717, 1.165) is 7.11 Å². The van der Waals surface area contributed by atoms with Gasteiger partial charge < -0.3 is 4.74 Å². The zero-order chi connectivity index (χ0) is 8.15. The first-order valence-electron chi connectivity index (χ1n) is 3.01. The summed E-state index contributed by atoms with van der Waals surface area (Å²) in [7, 11) is 6.40. The summed E-state index contributed by atoms with van der Waals surface area (Å²) in [5.74, 6) is -2.24. The van der Waals surface area contributed by atoms with Crippen LogP contribution in [0.2, 0.25) is 5.82 Å². The van der Waals surface area contributed by atoms with Gasteiger partial charge in [0.1, 0.15) is 0 Å². The smallest absolute Gasteiger partial charge is 0.373 e. The molecule has 0 rings (SSSR count). The molecule has 3 nitrogen and oxygen atoms in total. The first-order valence-corrected chi connectivity index (χ1v) is 3.01. The zero-order valence-electron chi connectivity index (χ0n) is 6.09. The molecule has 0 saturated carbocycles. The van der Waals surface area contributed by atoms with E-state index in [0.29, 0.717) is 6.42 Å². The Balaban J connectivity index is 3.95. The maximum Gasteiger partial charge on any atom is 0.373 e. The normalized spacial score (nSPS) is 12.2. The molecule has 0 amide bonds. The molecular formula is C6H9BO3. The number of rotatable bonds is 3. The molecular weight excluding hydrogens is 131 g/mol. The van der Waals surface area contributed by atoms with E-state index in [9.17, 15) is 9.59 Å². The van der Waals surface area contributed by atoms with Gasteiger partial charge in [-0.1, -0.05) is 13.3 Å². The number of Topliss-reactive ketones (excluding diaryl/α,β-unsaturated/α-hetero) is 1. The molecule has 0 bridgehead atoms. The molecule has 0 spiro atoms. The molecule has 54 valence electrons. The van der Waals surface area contributed by atoms with Crippen molar-refractivity contribution in [3.05, 3.63) is 0 Å². The Kier molecular flexibility index (Phi) is 3.76. The minimum Gasteiger partial charge on any atom is -0.463 e. The van der Waals surface area contributed by atoms with Crippen molar-refractivity contribution in [1.29, 1.82) is 0 Å². The van der Waals surface area contributed by atoms with Crippen LogP contribution in [0.4, 0.5) is 0 Å². The highest BCUT2D eigenvalue weighted by Gasteiger charge is 2.18. The summed E-state index contributed by atoms with van der Waals surface area (Å²) < 4.78 is 4.17. The van der Waals surface area contributed by atoms with Crippen LogP contribution in [0, 0.1) is 0 Å². The van der Waals surface area contributed by atoms with Gasteiger partial charge in [-0.05, 0) is 5.82 Å². The van der Waals surface area contributed by atoms with Crippen LogP contribution in [0.15, 0.2) is 0 Å². The van der Waals surface area contributed by atoms with E-state index in [1.165, 1.54) is 0 Å². The third-order valence-corrected chi connectivity index (χ3v) is 1.16. The predicted molar refractivity (Wildman–Crippen MR) is 36.8 cm³/mol. The summed E-state index contributed by atoms with van der Waals surface area (Å²) in [6.45, 7) is 1.73. The molecule has 0 aromatic rings. The number of esters is 1. The van der Waals surface area contributed by atoms with Crippen LogP contribution >= 0.6 is 0 Å². The number of hydrogen-bond donors (Lipinski definition) is 0. The van der Waals surface area contributed by atoms with E-state index in [2.05, 4.69) is 4.74 Å². The Morgan fingerprint density at radius 2 is 2.10 bits per heavy atom. The molecule has 2 radical (unpaired) electrons. The number of hydrogen-bond acceptors (Lipinski definition) is 3. The van der Waals surface area contributed by atoms with Crippen LogP contribution in [0.5, 0.6) is 0 Å². The molecule has 0 fully saturated rings. The van der Waals surface area contributed by atoms with E-state index in [-0.39, 0.29) is 0 Å². The average Bonchev–Trinajstić information content (AvgIpc) is 2.00. The number of ketones is 1. The van der Waals surface area contributed by atoms with Crippen molar-refractivity contribution in [2.75, 3.05) is 7.11 Å². The van der Waals surface area contributed by atoms with Crippen LogP contribution in [-0.2, 0) is 14.3 Å². The van der Waals surface area contributed by atoms with Gasteiger partial charge >= 0.3 is 5.97 Å². The number of ether oxygens (including phenoxy) is 1. The summed E-state index contributed by atoms with van der Waals surface area (Å²) in [6, 6.07) is 0. The highest BCUT2D eigenvalue weighted by molar-refractivity contribution is 6.44. The second kappa shape index (κ2) is 4.09. The van der Waals surface area contributed by atoms with Crippen molar-refractivity contribution >= 4 is 19.6 Å². The molecule has 0 N–H and O–H groups in total. The second-order valence-electron chi connectivity index (χ2n) is 1.87. The molecule has 1 unspecified atom stereocenters. The van der Waals surface area contributed by atoms with Crippen molar-refractivity contribution in [3.8, 4) is 0 Å². The van der Waals surface area contributed by atoms with Gasteiger partial charge in [0.25, 0.3) is 0 Å². The van der Waals surface area contributed by atoms with Crippen molar-refractivity contribution < 1.29 is 14.3 Å². The second-order valence-corrected chi connectivity index (χ2v) is 1.87. The van der Waals surface area contributed by atoms with Crippen LogP contribution in [0.3, 0.4) is 0 Å². The van der Waals surface area contributed by atoms with Crippen molar-refractivity contribution in [2.45, 2.75) is 19.2 Å². The lowest BCUT2D eigenvalue weighted by Gasteiger charge is -2.03. The first-order chi connectivity index (χ1) is 4.63. The maximum absolute atomic E-state index is 10.7. The van der Waals surface area contributed by atoms with E-state index in [4.69, 9.17) is 7.85 Å². The SMILES string of the molecule is [B]C(CC)C(=O)C(=O)OC. The summed E-state index contributed by atoms with van der Waals surface area (Å²) in [4.78, 5) is 21.2. The minimum absolute atomic E-state index is 0.452. The molecule has 10 heavy (non-hydrogen) atoms. The highest BCUT2D eigenvalue weighted by atomic mass is 16.5. The lowest BCUT2D eigenvalue weighted by atomic mass is 9.81. The topological polar surface area (TPSA) is 43.4 Å². The molecule has 0 saturated heterocycles. The van der Waals surface area contributed by atoms with Crippen LogP contribution in [0.1, 0.15) is 13.3 Å². The highest BCUT2D eigenvalue weighted by Crippen LogP contribution is 2.05. The average molecular weight is 140 g/mol. The van der Waals surface area contributed by atoms with Crippen molar-refractivity contribution in [1.82, 2.24) is 0 Å². The van der Waals surface area contributed by atoms with Crippen molar-refractivity contribution in [2.24, 2.45) is 0 Å². The summed E-state index contributed by atoms with van der Waals surface area (Å²) in [6.07, 6.45) is 0.452. The molecule has 0 aromatic carbocycles. The lowest BCUT2D eigenvalue weighted by molar-refractivity contribution is -0.151. The predicted octanol–water partition coefficient (Wildman–Crippen LogP) is 0.0955.